The van der Waals surface area contributed by atoms with Crippen molar-refractivity contribution in [3.8, 4) is 0 Å². The molecule has 2 amide bonds. The Bertz CT molecular complexity index is 242. The summed E-state index contributed by atoms with van der Waals surface area (Å²) in [7, 11) is 0. The molecule has 1 aliphatic carbocycles. The highest BCUT2D eigenvalue weighted by atomic mass is 16.2. The molecule has 16 heavy (non-hydrogen) atoms. The first kappa shape index (κ1) is 11.7. The minimum atomic E-state index is 0.185. The van der Waals surface area contributed by atoms with Crippen LogP contribution in [0.25, 0.3) is 0 Å². The molecule has 3 heteroatoms. The average Bonchev–Trinajstić information content (AvgIpc) is 2.76. The van der Waals surface area contributed by atoms with Gasteiger partial charge >= 0.3 is 6.03 Å². The van der Waals surface area contributed by atoms with Crippen LogP contribution < -0.4 is 5.32 Å². The summed E-state index contributed by atoms with van der Waals surface area (Å²) in [6.07, 6.45) is 8.65. The number of hydrogen-bond acceptors (Lipinski definition) is 1. The topological polar surface area (TPSA) is 32.3 Å². The Morgan fingerprint density at radius 1 is 1.31 bits per heavy atom. The van der Waals surface area contributed by atoms with Crippen molar-refractivity contribution in [3.63, 3.8) is 0 Å². The second-order valence-corrected chi connectivity index (χ2v) is 5.18. The molecule has 0 spiro atoms. The van der Waals surface area contributed by atoms with Gasteiger partial charge in [0.25, 0.3) is 0 Å². The number of hydrogen-bond donors (Lipinski definition) is 1. The molecule has 2 unspecified atom stereocenters. The van der Waals surface area contributed by atoms with E-state index >= 15 is 0 Å². The van der Waals surface area contributed by atoms with Crippen molar-refractivity contribution in [1.82, 2.24) is 10.2 Å². The van der Waals surface area contributed by atoms with Crippen LogP contribution in [0.3, 0.4) is 0 Å². The Hall–Kier alpha value is -0.730. The molecule has 0 aromatic carbocycles. The fraction of sp³-hybridized carbons (Fsp3) is 0.923. The monoisotopic (exact) mass is 224 g/mol. The van der Waals surface area contributed by atoms with Crippen LogP contribution in [0.1, 0.15) is 51.9 Å². The van der Waals surface area contributed by atoms with Crippen LogP contribution in [-0.2, 0) is 0 Å². The molecule has 1 N–H and O–H groups in total. The Morgan fingerprint density at radius 3 is 2.94 bits per heavy atom. The fourth-order valence-electron chi connectivity index (χ4n) is 3.18. The third kappa shape index (κ3) is 2.50. The van der Waals surface area contributed by atoms with Crippen LogP contribution in [0, 0.1) is 5.92 Å². The van der Waals surface area contributed by atoms with Crippen molar-refractivity contribution < 1.29 is 4.79 Å². The predicted octanol–water partition coefficient (Wildman–Crippen LogP) is 2.76. The summed E-state index contributed by atoms with van der Waals surface area (Å²) in [5.41, 5.74) is 0. The molecule has 1 saturated heterocycles. The second-order valence-electron chi connectivity index (χ2n) is 5.18. The first-order chi connectivity index (χ1) is 7.83. The number of fused-ring (bicyclic) bond motifs is 1. The molecule has 2 atom stereocenters. The number of nitrogens with zero attached hydrogens (tertiary/aromatic N) is 1. The van der Waals surface area contributed by atoms with Crippen LogP contribution in [-0.4, -0.2) is 30.1 Å². The summed E-state index contributed by atoms with van der Waals surface area (Å²) < 4.78 is 0. The molecule has 2 aliphatic rings. The zero-order chi connectivity index (χ0) is 11.4. The van der Waals surface area contributed by atoms with Gasteiger partial charge in [-0.1, -0.05) is 19.8 Å². The van der Waals surface area contributed by atoms with E-state index < -0.39 is 0 Å². The summed E-state index contributed by atoms with van der Waals surface area (Å²) in [5, 5.41) is 3.05. The van der Waals surface area contributed by atoms with E-state index in [0.29, 0.717) is 6.04 Å². The van der Waals surface area contributed by atoms with Crippen LogP contribution in [0.15, 0.2) is 0 Å². The van der Waals surface area contributed by atoms with Gasteiger partial charge in [-0.05, 0) is 38.0 Å². The summed E-state index contributed by atoms with van der Waals surface area (Å²) in [5.74, 6) is 0.797. The first-order valence-electron chi connectivity index (χ1n) is 6.87. The Kier molecular flexibility index (Phi) is 4.08. The Labute approximate surface area is 98.6 Å². The van der Waals surface area contributed by atoms with E-state index in [1.165, 1.54) is 32.1 Å². The molecule has 1 saturated carbocycles. The third-order valence-electron chi connectivity index (χ3n) is 4.06. The van der Waals surface area contributed by atoms with Crippen LogP contribution in [0.2, 0.25) is 0 Å². The number of unbranched alkanes of at least 4 members (excludes halogenated alkanes) is 1. The van der Waals surface area contributed by atoms with Gasteiger partial charge in [0.2, 0.25) is 0 Å². The zero-order valence-electron chi connectivity index (χ0n) is 10.4. The molecule has 92 valence electrons. The second kappa shape index (κ2) is 5.55. The molecule has 1 heterocycles. The maximum absolute atomic E-state index is 12.0. The van der Waals surface area contributed by atoms with Crippen molar-refractivity contribution in [2.75, 3.05) is 13.1 Å². The summed E-state index contributed by atoms with van der Waals surface area (Å²) in [6.45, 7) is 3.96. The van der Waals surface area contributed by atoms with E-state index in [1.54, 1.807) is 0 Å². The van der Waals surface area contributed by atoms with Gasteiger partial charge < -0.3 is 10.2 Å². The van der Waals surface area contributed by atoms with Gasteiger partial charge in [-0.3, -0.25) is 0 Å². The highest BCUT2D eigenvalue weighted by Crippen LogP contribution is 2.36. The molecule has 3 nitrogen and oxygen atoms in total. The Morgan fingerprint density at radius 2 is 2.12 bits per heavy atom. The lowest BCUT2D eigenvalue weighted by molar-refractivity contribution is 0.128. The molecule has 2 fully saturated rings. The average molecular weight is 224 g/mol. The van der Waals surface area contributed by atoms with Crippen LogP contribution in [0.5, 0.6) is 0 Å². The van der Waals surface area contributed by atoms with Gasteiger partial charge in [0.15, 0.2) is 0 Å². The Balaban J connectivity index is 1.84. The van der Waals surface area contributed by atoms with Gasteiger partial charge in [0, 0.05) is 19.1 Å². The normalized spacial score (nSPS) is 28.9. The number of urea groups is 1. The van der Waals surface area contributed by atoms with Crippen LogP contribution >= 0.6 is 0 Å². The van der Waals surface area contributed by atoms with E-state index in [2.05, 4.69) is 17.1 Å². The summed E-state index contributed by atoms with van der Waals surface area (Å²) in [4.78, 5) is 14.1. The molecule has 0 radical (unpaired) electrons. The van der Waals surface area contributed by atoms with Gasteiger partial charge in [0.1, 0.15) is 0 Å². The van der Waals surface area contributed by atoms with Crippen LogP contribution in [0.4, 0.5) is 4.79 Å². The molecular formula is C13H24N2O. The molecule has 2 rings (SSSR count). The number of nitrogens with one attached hydrogen (secondary N) is 1. The number of carbonyl (C=O) groups excluding carboxylic acids is 1. The molecule has 0 aromatic rings. The minimum Gasteiger partial charge on any atom is -0.338 e. The highest BCUT2D eigenvalue weighted by molar-refractivity contribution is 5.74. The van der Waals surface area contributed by atoms with Crippen molar-refractivity contribution >= 4 is 6.03 Å². The van der Waals surface area contributed by atoms with Crippen molar-refractivity contribution in [2.24, 2.45) is 5.92 Å². The lowest BCUT2D eigenvalue weighted by Crippen LogP contribution is -2.50. The zero-order valence-corrected chi connectivity index (χ0v) is 10.4. The largest absolute Gasteiger partial charge is 0.338 e. The maximum atomic E-state index is 12.0. The van der Waals surface area contributed by atoms with Gasteiger partial charge in [0.05, 0.1) is 0 Å². The van der Waals surface area contributed by atoms with Crippen molar-refractivity contribution in [1.29, 1.82) is 0 Å². The summed E-state index contributed by atoms with van der Waals surface area (Å²) >= 11 is 0. The number of amides is 2. The third-order valence-corrected chi connectivity index (χ3v) is 4.06. The van der Waals surface area contributed by atoms with E-state index in [0.717, 1.165) is 31.8 Å². The smallest absolute Gasteiger partial charge is 0.317 e. The van der Waals surface area contributed by atoms with E-state index in [-0.39, 0.29) is 6.03 Å². The minimum absolute atomic E-state index is 0.185. The summed E-state index contributed by atoms with van der Waals surface area (Å²) in [6, 6.07) is 0.737. The molecule has 0 aromatic heterocycles. The quantitative estimate of drug-likeness (QED) is 0.735. The molecule has 1 aliphatic heterocycles. The van der Waals surface area contributed by atoms with Crippen molar-refractivity contribution in [2.45, 2.75) is 57.9 Å². The highest BCUT2D eigenvalue weighted by Gasteiger charge is 2.36. The SMILES string of the molecule is CCCCNC(=O)N1CCCC2CCCC21. The lowest BCUT2D eigenvalue weighted by atomic mass is 9.92. The molecular weight excluding hydrogens is 200 g/mol. The molecule has 0 bridgehead atoms. The standard InChI is InChI=1S/C13H24N2O/c1-2-3-9-14-13(16)15-10-5-7-11-6-4-8-12(11)15/h11-12H,2-10H2,1H3,(H,14,16). The van der Waals surface area contributed by atoms with Crippen molar-refractivity contribution in [3.05, 3.63) is 0 Å². The van der Waals surface area contributed by atoms with E-state index in [1.807, 2.05) is 0 Å². The number of carbonyl (C=O) groups is 1. The fourth-order valence-corrected chi connectivity index (χ4v) is 3.18. The van der Waals surface area contributed by atoms with Gasteiger partial charge in [-0.15, -0.1) is 0 Å². The van der Waals surface area contributed by atoms with Gasteiger partial charge in [-0.25, -0.2) is 4.79 Å². The maximum Gasteiger partial charge on any atom is 0.317 e. The van der Waals surface area contributed by atoms with E-state index in [4.69, 9.17) is 0 Å². The van der Waals surface area contributed by atoms with E-state index in [9.17, 15) is 4.79 Å². The predicted molar refractivity (Wildman–Crippen MR) is 65.4 cm³/mol. The van der Waals surface area contributed by atoms with Gasteiger partial charge in [-0.2, -0.15) is 0 Å². The number of piperidine rings is 1. The number of likely N-dealkylation sites (tertiary alicyclic amines) is 1. The lowest BCUT2D eigenvalue weighted by Gasteiger charge is -2.37. The number of rotatable bonds is 3. The first-order valence-corrected chi connectivity index (χ1v) is 6.87.